The second kappa shape index (κ2) is 11.9. The van der Waals surface area contributed by atoms with Crippen LogP contribution in [0.1, 0.15) is 53.0 Å². The van der Waals surface area contributed by atoms with E-state index >= 15 is 8.78 Å². The number of fused-ring (bicyclic) bond motifs is 1. The lowest BCUT2D eigenvalue weighted by atomic mass is 9.87. The van der Waals surface area contributed by atoms with Crippen LogP contribution in [0.5, 0.6) is 0 Å². The number of piperidine rings is 1. The van der Waals surface area contributed by atoms with Gasteiger partial charge >= 0.3 is 6.03 Å². The third kappa shape index (κ3) is 6.34. The predicted octanol–water partition coefficient (Wildman–Crippen LogP) is 4.51. The highest BCUT2D eigenvalue weighted by atomic mass is 19.1. The highest BCUT2D eigenvalue weighted by Crippen LogP contribution is 2.39. The number of rotatable bonds is 6. The van der Waals surface area contributed by atoms with Gasteiger partial charge in [0.15, 0.2) is 0 Å². The normalized spacial score (nSPS) is 21.8. The van der Waals surface area contributed by atoms with Gasteiger partial charge in [-0.05, 0) is 63.0 Å². The van der Waals surface area contributed by atoms with Crippen molar-refractivity contribution in [2.45, 2.75) is 59.1 Å². The van der Waals surface area contributed by atoms with Gasteiger partial charge < -0.3 is 16.0 Å². The molecule has 0 spiro atoms. The average molecular weight is 596 g/mol. The van der Waals surface area contributed by atoms with Crippen molar-refractivity contribution >= 4 is 35.4 Å². The van der Waals surface area contributed by atoms with E-state index in [-0.39, 0.29) is 23.4 Å². The minimum atomic E-state index is -0.677. The van der Waals surface area contributed by atoms with Gasteiger partial charge in [-0.1, -0.05) is 26.0 Å². The lowest BCUT2D eigenvalue weighted by molar-refractivity contribution is -0.183. The molecule has 2 saturated heterocycles. The van der Waals surface area contributed by atoms with E-state index < -0.39 is 29.3 Å². The van der Waals surface area contributed by atoms with E-state index in [1.165, 1.54) is 28.4 Å². The van der Waals surface area contributed by atoms with Crippen LogP contribution in [0.15, 0.2) is 57.6 Å². The summed E-state index contributed by atoms with van der Waals surface area (Å²) in [5.41, 5.74) is 7.30. The monoisotopic (exact) mass is 595 g/mol. The standard InChI is InChI=1S/C31H39F2N7O3/c1-18(2)29(41)37-27(34)19-10-12-38(13-11-19)28-25-22(32)8-7-21(26(25)35-17-36-28)20-6-9-24(23(33)16-20)39-14-15-40(30(39)42)43-31(3,4)5/h6-9,16-19,26H,10-15H2,1-5H3,(H,35,36)(H2,34,37,41). The highest BCUT2D eigenvalue weighted by molar-refractivity contribution is 5.95. The van der Waals surface area contributed by atoms with Crippen LogP contribution in [0, 0.1) is 17.7 Å². The molecule has 3 amide bonds. The van der Waals surface area contributed by atoms with Crippen molar-refractivity contribution in [3.8, 4) is 0 Å². The first kappa shape index (κ1) is 30.4. The van der Waals surface area contributed by atoms with Crippen LogP contribution < -0.4 is 16.0 Å². The van der Waals surface area contributed by atoms with Crippen molar-refractivity contribution in [1.82, 2.24) is 15.3 Å². The number of nitrogens with zero attached hydrogens (tertiary/aromatic N) is 5. The lowest BCUT2D eigenvalue weighted by Gasteiger charge is -2.38. The minimum absolute atomic E-state index is 0.0316. The number of amides is 3. The van der Waals surface area contributed by atoms with Gasteiger partial charge in [0.2, 0.25) is 5.91 Å². The number of likely N-dealkylation sites (tertiary alicyclic amines) is 1. The van der Waals surface area contributed by atoms with E-state index in [9.17, 15) is 9.59 Å². The highest BCUT2D eigenvalue weighted by Gasteiger charge is 2.37. The maximum Gasteiger partial charge on any atom is 0.348 e. The van der Waals surface area contributed by atoms with Gasteiger partial charge in [0.1, 0.15) is 29.3 Å². The van der Waals surface area contributed by atoms with Crippen LogP contribution in [0.2, 0.25) is 0 Å². The Morgan fingerprint density at radius 2 is 1.86 bits per heavy atom. The number of carbonyl (C=O) groups excluding carboxylic acids is 2. The first-order valence-corrected chi connectivity index (χ1v) is 14.6. The summed E-state index contributed by atoms with van der Waals surface area (Å²) in [7, 11) is 0. The number of allylic oxidation sites excluding steroid dienone is 2. The van der Waals surface area contributed by atoms with Gasteiger partial charge in [-0.15, -0.1) is 0 Å². The Balaban J connectivity index is 1.34. The van der Waals surface area contributed by atoms with Crippen molar-refractivity contribution < 1.29 is 23.2 Å². The van der Waals surface area contributed by atoms with Crippen molar-refractivity contribution in [1.29, 1.82) is 0 Å². The zero-order valence-electron chi connectivity index (χ0n) is 25.2. The quantitative estimate of drug-likeness (QED) is 0.369. The first-order chi connectivity index (χ1) is 20.3. The zero-order chi connectivity index (χ0) is 31.1. The molecule has 230 valence electrons. The largest absolute Gasteiger partial charge is 0.387 e. The molecule has 43 heavy (non-hydrogen) atoms. The van der Waals surface area contributed by atoms with E-state index in [1.54, 1.807) is 32.1 Å². The number of anilines is 1. The molecule has 1 unspecified atom stereocenters. The first-order valence-electron chi connectivity index (χ1n) is 14.6. The summed E-state index contributed by atoms with van der Waals surface area (Å²) in [6.07, 6.45) is 5.85. The van der Waals surface area contributed by atoms with Gasteiger partial charge in [-0.25, -0.2) is 23.6 Å². The van der Waals surface area contributed by atoms with Gasteiger partial charge in [-0.2, -0.15) is 0 Å². The van der Waals surface area contributed by atoms with Crippen LogP contribution in [0.4, 0.5) is 19.3 Å². The van der Waals surface area contributed by atoms with E-state index in [0.717, 1.165) is 0 Å². The zero-order valence-corrected chi connectivity index (χ0v) is 25.2. The Hall–Kier alpha value is -4.06. The summed E-state index contributed by atoms with van der Waals surface area (Å²) >= 11 is 0. The topological polar surface area (TPSA) is 116 Å². The van der Waals surface area contributed by atoms with Crippen LogP contribution >= 0.6 is 0 Å². The fraction of sp³-hybridized carbons (Fsp3) is 0.484. The average Bonchev–Trinajstić information content (AvgIpc) is 3.30. The number of nitrogens with two attached hydrogens (primary N) is 1. The van der Waals surface area contributed by atoms with Gasteiger partial charge in [-0.3, -0.25) is 19.5 Å². The molecule has 4 aliphatic rings. The van der Waals surface area contributed by atoms with Crippen molar-refractivity contribution in [2.75, 3.05) is 31.1 Å². The van der Waals surface area contributed by atoms with Crippen LogP contribution in [-0.2, 0) is 9.63 Å². The fourth-order valence-electron chi connectivity index (χ4n) is 5.60. The molecule has 1 aromatic carbocycles. The maximum atomic E-state index is 15.5. The van der Waals surface area contributed by atoms with Crippen LogP contribution in [-0.4, -0.2) is 71.9 Å². The van der Waals surface area contributed by atoms with E-state index in [0.29, 0.717) is 67.4 Å². The molecule has 10 nitrogen and oxygen atoms in total. The summed E-state index contributed by atoms with van der Waals surface area (Å²) in [5.74, 6) is -0.530. The summed E-state index contributed by atoms with van der Waals surface area (Å²) in [5, 5.41) is 4.37. The predicted molar refractivity (Wildman–Crippen MR) is 162 cm³/mol. The number of amidine groups is 1. The Bertz CT molecular complexity index is 1450. The smallest absolute Gasteiger partial charge is 0.348 e. The second-order valence-electron chi connectivity index (χ2n) is 12.4. The van der Waals surface area contributed by atoms with Crippen molar-refractivity contribution in [3.05, 3.63) is 59.0 Å². The molecular formula is C31H39F2N7O3. The molecule has 2 fully saturated rings. The third-order valence-electron chi connectivity index (χ3n) is 7.80. The summed E-state index contributed by atoms with van der Waals surface area (Å²) in [6.45, 7) is 10.9. The number of hydrogen-bond acceptors (Lipinski definition) is 6. The van der Waals surface area contributed by atoms with Gasteiger partial charge in [0.05, 0.1) is 29.7 Å². The second-order valence-corrected chi connectivity index (χ2v) is 12.4. The maximum absolute atomic E-state index is 15.5. The molecule has 5 rings (SSSR count). The Morgan fingerprint density at radius 1 is 1.14 bits per heavy atom. The Labute approximate surface area is 250 Å². The molecule has 3 heterocycles. The number of halogens is 2. The molecule has 3 N–H and O–H groups in total. The fourth-order valence-corrected chi connectivity index (χ4v) is 5.60. The van der Waals surface area contributed by atoms with E-state index in [4.69, 9.17) is 10.6 Å². The van der Waals surface area contributed by atoms with Gasteiger partial charge in [0, 0.05) is 31.5 Å². The molecular weight excluding hydrogens is 556 g/mol. The van der Waals surface area contributed by atoms with Crippen molar-refractivity contribution in [2.24, 2.45) is 27.6 Å². The number of benzene rings is 1. The SMILES string of the molecule is CC(C)C(=O)N=C(N)C1CCN(C2=C3C(F)=CC=C(c4ccc(N5CCN(OC(C)(C)C)C5=O)c(F)c4)C3N=CN2)CC1. The molecule has 0 aromatic heterocycles. The Morgan fingerprint density at radius 3 is 2.51 bits per heavy atom. The van der Waals surface area contributed by atoms with Gasteiger partial charge in [0.25, 0.3) is 0 Å². The number of aliphatic imine (C=N–C) groups is 2. The molecule has 1 atom stereocenters. The number of carbonyl (C=O) groups is 2. The Kier molecular flexibility index (Phi) is 8.42. The molecule has 1 aliphatic carbocycles. The molecule has 0 saturated carbocycles. The number of hydrogen-bond donors (Lipinski definition) is 2. The molecule has 0 bridgehead atoms. The number of nitrogens with one attached hydrogen (secondary N) is 1. The lowest BCUT2D eigenvalue weighted by Crippen LogP contribution is -2.44. The number of urea groups is 1. The summed E-state index contributed by atoms with van der Waals surface area (Å²) < 4.78 is 30.9. The molecule has 12 heteroatoms. The van der Waals surface area contributed by atoms with E-state index in [1.807, 2.05) is 25.7 Å². The molecule has 3 aliphatic heterocycles. The summed E-state index contributed by atoms with van der Waals surface area (Å²) in [4.78, 5) is 42.6. The summed E-state index contributed by atoms with van der Waals surface area (Å²) in [6, 6.07) is 3.55. The van der Waals surface area contributed by atoms with Crippen LogP contribution in [0.25, 0.3) is 5.57 Å². The minimum Gasteiger partial charge on any atom is -0.387 e. The van der Waals surface area contributed by atoms with Crippen molar-refractivity contribution in [3.63, 3.8) is 0 Å². The van der Waals surface area contributed by atoms with Crippen LogP contribution in [0.3, 0.4) is 0 Å². The molecule has 0 radical (unpaired) electrons. The molecule has 1 aromatic rings. The number of hydroxylamine groups is 2. The van der Waals surface area contributed by atoms with E-state index in [2.05, 4.69) is 15.3 Å². The third-order valence-corrected chi connectivity index (χ3v) is 7.80.